The van der Waals surface area contributed by atoms with Crippen LogP contribution in [0.25, 0.3) is 0 Å². The van der Waals surface area contributed by atoms with E-state index >= 15 is 0 Å². The molecule has 1 aromatic rings. The molecular formula is C16H29Cl2N3O2. The monoisotopic (exact) mass is 365 g/mol. The maximum absolute atomic E-state index is 5.94. The molecular weight excluding hydrogens is 337 g/mol. The fourth-order valence-corrected chi connectivity index (χ4v) is 3.15. The third-order valence-electron chi connectivity index (χ3n) is 4.50. The lowest BCUT2D eigenvalue weighted by molar-refractivity contribution is 0.00969. The molecule has 0 bridgehead atoms. The molecule has 0 spiro atoms. The molecule has 2 unspecified atom stereocenters. The summed E-state index contributed by atoms with van der Waals surface area (Å²) in [5.74, 6) is 0.941. The minimum atomic E-state index is 0. The average molecular weight is 366 g/mol. The first kappa shape index (κ1) is 22.4. The normalized spacial score (nSPS) is 21.3. The quantitative estimate of drug-likeness (QED) is 0.868. The van der Waals surface area contributed by atoms with Crippen LogP contribution in [0.3, 0.4) is 0 Å². The summed E-state index contributed by atoms with van der Waals surface area (Å²) in [7, 11) is 3.50. The number of hydrogen-bond donors (Lipinski definition) is 1. The highest BCUT2D eigenvalue weighted by molar-refractivity contribution is 5.85. The number of halogens is 2. The van der Waals surface area contributed by atoms with Crippen LogP contribution in [0.5, 0.6) is 5.75 Å². The summed E-state index contributed by atoms with van der Waals surface area (Å²) >= 11 is 0. The van der Waals surface area contributed by atoms with Gasteiger partial charge >= 0.3 is 0 Å². The van der Waals surface area contributed by atoms with Crippen LogP contribution in [0.4, 0.5) is 0 Å². The molecule has 134 valence electrons. The van der Waals surface area contributed by atoms with Gasteiger partial charge in [-0.1, -0.05) is 0 Å². The zero-order valence-electron chi connectivity index (χ0n) is 14.4. The largest absolute Gasteiger partial charge is 0.496 e. The Morgan fingerprint density at radius 2 is 2.00 bits per heavy atom. The average Bonchev–Trinajstić information content (AvgIpc) is 2.51. The molecule has 5 nitrogen and oxygen atoms in total. The standard InChI is InChI=1S/C16H27N3O2.2ClH/c1-11-9-18-15(12(2)16(11)21-4)10-19-6-5-14(20-3)7-13(19)8-17;;/h9,13-14H,5-8,10,17H2,1-4H3;2*1H. The molecule has 2 rings (SSSR count). The first-order chi connectivity index (χ1) is 10.1. The molecule has 7 heteroatoms. The second-order valence-electron chi connectivity index (χ2n) is 5.79. The molecule has 23 heavy (non-hydrogen) atoms. The van der Waals surface area contributed by atoms with Crippen molar-refractivity contribution in [1.82, 2.24) is 9.88 Å². The second-order valence-corrected chi connectivity index (χ2v) is 5.79. The van der Waals surface area contributed by atoms with Crippen molar-refractivity contribution >= 4 is 24.8 Å². The number of methoxy groups -OCH3 is 2. The molecule has 1 saturated heterocycles. The predicted octanol–water partition coefficient (Wildman–Crippen LogP) is 2.49. The van der Waals surface area contributed by atoms with Crippen molar-refractivity contribution < 1.29 is 9.47 Å². The Balaban J connectivity index is 0.00000242. The Labute approximate surface area is 151 Å². The van der Waals surface area contributed by atoms with Crippen LogP contribution in [0.1, 0.15) is 29.7 Å². The van der Waals surface area contributed by atoms with Crippen LogP contribution in [0, 0.1) is 13.8 Å². The summed E-state index contributed by atoms with van der Waals surface area (Å²) in [5.41, 5.74) is 9.22. The number of piperidine rings is 1. The summed E-state index contributed by atoms with van der Waals surface area (Å²) in [4.78, 5) is 7.01. The Hall–Kier alpha value is -0.590. The molecule has 1 aromatic heterocycles. The summed E-state index contributed by atoms with van der Waals surface area (Å²) in [5, 5.41) is 0. The maximum atomic E-state index is 5.94. The summed E-state index contributed by atoms with van der Waals surface area (Å²) in [6, 6.07) is 0.359. The molecule has 0 aliphatic carbocycles. The molecule has 2 N–H and O–H groups in total. The highest BCUT2D eigenvalue weighted by Crippen LogP contribution is 2.27. The van der Waals surface area contributed by atoms with Gasteiger partial charge in [0.2, 0.25) is 0 Å². The SMILES string of the molecule is COc1c(C)cnc(CN2CCC(OC)CC2CN)c1C.Cl.Cl. The number of aromatic nitrogens is 1. The van der Waals surface area contributed by atoms with Crippen molar-refractivity contribution in [3.63, 3.8) is 0 Å². The molecule has 2 heterocycles. The summed E-state index contributed by atoms with van der Waals surface area (Å²) in [6.07, 6.45) is 4.27. The molecule has 0 amide bonds. The third-order valence-corrected chi connectivity index (χ3v) is 4.50. The molecule has 1 aliphatic rings. The minimum Gasteiger partial charge on any atom is -0.496 e. The van der Waals surface area contributed by atoms with Gasteiger partial charge < -0.3 is 15.2 Å². The predicted molar refractivity (Wildman–Crippen MR) is 98.0 cm³/mol. The van der Waals surface area contributed by atoms with Gasteiger partial charge in [-0.3, -0.25) is 9.88 Å². The topological polar surface area (TPSA) is 60.6 Å². The Kier molecular flexibility index (Phi) is 10.0. The van der Waals surface area contributed by atoms with E-state index in [9.17, 15) is 0 Å². The molecule has 0 radical (unpaired) electrons. The number of hydrogen-bond acceptors (Lipinski definition) is 5. The van der Waals surface area contributed by atoms with Gasteiger partial charge in [0.25, 0.3) is 0 Å². The minimum absolute atomic E-state index is 0. The van der Waals surface area contributed by atoms with E-state index in [4.69, 9.17) is 15.2 Å². The van der Waals surface area contributed by atoms with Crippen molar-refractivity contribution in [3.05, 3.63) is 23.0 Å². The maximum Gasteiger partial charge on any atom is 0.128 e. The summed E-state index contributed by atoms with van der Waals surface area (Å²) in [6.45, 7) is 6.57. The lowest BCUT2D eigenvalue weighted by atomic mass is 9.98. The number of pyridine rings is 1. The van der Waals surface area contributed by atoms with Crippen LogP contribution in [-0.2, 0) is 11.3 Å². The first-order valence-electron chi connectivity index (χ1n) is 7.56. The lowest BCUT2D eigenvalue weighted by Gasteiger charge is -2.38. The van der Waals surface area contributed by atoms with Gasteiger partial charge in [-0.05, 0) is 26.7 Å². The van der Waals surface area contributed by atoms with Crippen molar-refractivity contribution in [2.45, 2.75) is 45.4 Å². The van der Waals surface area contributed by atoms with Crippen LogP contribution < -0.4 is 10.5 Å². The van der Waals surface area contributed by atoms with Crippen LogP contribution >= 0.6 is 24.8 Å². The Morgan fingerprint density at radius 1 is 1.30 bits per heavy atom. The van der Waals surface area contributed by atoms with Gasteiger partial charge in [-0.15, -0.1) is 24.8 Å². The van der Waals surface area contributed by atoms with E-state index in [1.807, 2.05) is 13.1 Å². The zero-order valence-corrected chi connectivity index (χ0v) is 16.0. The highest BCUT2D eigenvalue weighted by atomic mass is 35.5. The van der Waals surface area contributed by atoms with E-state index in [1.54, 1.807) is 14.2 Å². The van der Waals surface area contributed by atoms with Gasteiger partial charge in [0.1, 0.15) is 5.75 Å². The third kappa shape index (κ3) is 5.19. The van der Waals surface area contributed by atoms with E-state index < -0.39 is 0 Å². The molecule has 1 aliphatic heterocycles. The van der Waals surface area contributed by atoms with Crippen molar-refractivity contribution in [2.24, 2.45) is 5.73 Å². The number of likely N-dealkylation sites (tertiary alicyclic amines) is 1. The molecule has 0 aromatic carbocycles. The molecule has 2 atom stereocenters. The van der Waals surface area contributed by atoms with Crippen molar-refractivity contribution in [2.75, 3.05) is 27.3 Å². The van der Waals surface area contributed by atoms with E-state index in [2.05, 4.69) is 16.8 Å². The summed E-state index contributed by atoms with van der Waals surface area (Å²) < 4.78 is 11.0. The van der Waals surface area contributed by atoms with Gasteiger partial charge in [0.05, 0.1) is 18.9 Å². The van der Waals surface area contributed by atoms with E-state index in [0.717, 1.165) is 48.5 Å². The number of aryl methyl sites for hydroxylation is 1. The fraction of sp³-hybridized carbons (Fsp3) is 0.688. The first-order valence-corrected chi connectivity index (χ1v) is 7.56. The van der Waals surface area contributed by atoms with Gasteiger partial charge in [0, 0.05) is 50.1 Å². The van der Waals surface area contributed by atoms with Gasteiger partial charge in [-0.25, -0.2) is 0 Å². The lowest BCUT2D eigenvalue weighted by Crippen LogP contribution is -2.48. The number of ether oxygens (including phenoxy) is 2. The van der Waals surface area contributed by atoms with Crippen molar-refractivity contribution in [1.29, 1.82) is 0 Å². The Bertz CT molecular complexity index is 489. The second kappa shape index (κ2) is 10.3. The van der Waals surface area contributed by atoms with E-state index in [0.29, 0.717) is 18.7 Å². The highest BCUT2D eigenvalue weighted by Gasteiger charge is 2.28. The Morgan fingerprint density at radius 3 is 2.57 bits per heavy atom. The number of nitrogens with zero attached hydrogens (tertiary/aromatic N) is 2. The number of nitrogens with two attached hydrogens (primary N) is 1. The fourth-order valence-electron chi connectivity index (χ4n) is 3.15. The molecule has 0 saturated carbocycles. The number of rotatable bonds is 5. The van der Waals surface area contributed by atoms with Crippen LogP contribution in [0.2, 0.25) is 0 Å². The smallest absolute Gasteiger partial charge is 0.128 e. The van der Waals surface area contributed by atoms with Crippen LogP contribution in [-0.4, -0.2) is 49.3 Å². The molecule has 1 fully saturated rings. The van der Waals surface area contributed by atoms with E-state index in [-0.39, 0.29) is 24.8 Å². The van der Waals surface area contributed by atoms with E-state index in [1.165, 1.54) is 0 Å². The van der Waals surface area contributed by atoms with Crippen LogP contribution in [0.15, 0.2) is 6.20 Å². The van der Waals surface area contributed by atoms with Crippen molar-refractivity contribution in [3.8, 4) is 5.75 Å². The zero-order chi connectivity index (χ0) is 15.4. The van der Waals surface area contributed by atoms with Gasteiger partial charge in [0.15, 0.2) is 0 Å². The van der Waals surface area contributed by atoms with Gasteiger partial charge in [-0.2, -0.15) is 0 Å².